The summed E-state index contributed by atoms with van der Waals surface area (Å²) in [6, 6.07) is 9.46. The lowest BCUT2D eigenvalue weighted by atomic mass is 10.3. The SMILES string of the molecule is COc1ccccc1OCC(O)CNCc1cc(Br)cs1. The van der Waals surface area contributed by atoms with Crippen molar-refractivity contribution in [1.82, 2.24) is 5.32 Å². The summed E-state index contributed by atoms with van der Waals surface area (Å²) in [6.07, 6.45) is -0.571. The maximum Gasteiger partial charge on any atom is 0.161 e. The molecule has 114 valence electrons. The quantitative estimate of drug-likeness (QED) is 0.748. The highest BCUT2D eigenvalue weighted by atomic mass is 79.9. The average molecular weight is 372 g/mol. The van der Waals surface area contributed by atoms with Crippen LogP contribution in [-0.2, 0) is 6.54 Å². The molecule has 0 bridgehead atoms. The number of hydrogen-bond donors (Lipinski definition) is 2. The van der Waals surface area contributed by atoms with Gasteiger partial charge in [-0.1, -0.05) is 12.1 Å². The van der Waals surface area contributed by atoms with Crippen LogP contribution in [0.1, 0.15) is 4.88 Å². The van der Waals surface area contributed by atoms with Gasteiger partial charge in [0.15, 0.2) is 11.5 Å². The second kappa shape index (κ2) is 8.38. The normalized spacial score (nSPS) is 12.1. The van der Waals surface area contributed by atoms with Crippen LogP contribution in [-0.4, -0.2) is 31.5 Å². The van der Waals surface area contributed by atoms with Gasteiger partial charge in [-0.3, -0.25) is 0 Å². The molecule has 0 spiro atoms. The van der Waals surface area contributed by atoms with E-state index in [1.54, 1.807) is 18.4 Å². The highest BCUT2D eigenvalue weighted by Crippen LogP contribution is 2.25. The lowest BCUT2D eigenvalue weighted by Crippen LogP contribution is -2.31. The van der Waals surface area contributed by atoms with Gasteiger partial charge in [-0.15, -0.1) is 11.3 Å². The van der Waals surface area contributed by atoms with Gasteiger partial charge in [-0.05, 0) is 34.1 Å². The molecular weight excluding hydrogens is 354 g/mol. The molecule has 2 rings (SSSR count). The van der Waals surface area contributed by atoms with Crippen molar-refractivity contribution in [2.24, 2.45) is 0 Å². The van der Waals surface area contributed by atoms with Gasteiger partial charge < -0.3 is 19.9 Å². The maximum absolute atomic E-state index is 9.92. The number of benzene rings is 1. The topological polar surface area (TPSA) is 50.7 Å². The van der Waals surface area contributed by atoms with E-state index in [1.807, 2.05) is 29.6 Å². The predicted octanol–water partition coefficient (Wildman–Crippen LogP) is 3.05. The summed E-state index contributed by atoms with van der Waals surface area (Å²) in [7, 11) is 1.60. The summed E-state index contributed by atoms with van der Waals surface area (Å²) >= 11 is 5.10. The van der Waals surface area contributed by atoms with Crippen LogP contribution >= 0.6 is 27.3 Å². The van der Waals surface area contributed by atoms with Gasteiger partial charge in [0.1, 0.15) is 12.7 Å². The summed E-state index contributed by atoms with van der Waals surface area (Å²) in [5.74, 6) is 1.31. The van der Waals surface area contributed by atoms with Crippen LogP contribution in [0.15, 0.2) is 40.2 Å². The maximum atomic E-state index is 9.92. The fraction of sp³-hybridized carbons (Fsp3) is 0.333. The molecule has 2 aromatic rings. The molecular formula is C15H18BrNO3S. The van der Waals surface area contributed by atoms with Gasteiger partial charge in [0.05, 0.1) is 7.11 Å². The molecule has 2 N–H and O–H groups in total. The van der Waals surface area contributed by atoms with Crippen LogP contribution in [0.5, 0.6) is 11.5 Å². The summed E-state index contributed by atoms with van der Waals surface area (Å²) in [4.78, 5) is 1.22. The largest absolute Gasteiger partial charge is 0.493 e. The van der Waals surface area contributed by atoms with E-state index in [2.05, 4.69) is 27.3 Å². The number of hydrogen-bond acceptors (Lipinski definition) is 5. The monoisotopic (exact) mass is 371 g/mol. The van der Waals surface area contributed by atoms with Crippen molar-refractivity contribution < 1.29 is 14.6 Å². The first-order chi connectivity index (χ1) is 10.2. The molecule has 1 heterocycles. The molecule has 0 saturated carbocycles. The standard InChI is InChI=1S/C15H18BrNO3S/c1-19-14-4-2-3-5-15(14)20-9-12(18)7-17-8-13-6-11(16)10-21-13/h2-6,10,12,17-18H,7-9H2,1H3. The van der Waals surface area contributed by atoms with Crippen molar-refractivity contribution in [2.45, 2.75) is 12.6 Å². The van der Waals surface area contributed by atoms with Crippen molar-refractivity contribution in [3.05, 3.63) is 45.1 Å². The van der Waals surface area contributed by atoms with Gasteiger partial charge in [-0.25, -0.2) is 0 Å². The number of aliphatic hydroxyl groups is 1. The van der Waals surface area contributed by atoms with Crippen LogP contribution in [0.25, 0.3) is 0 Å². The molecule has 0 fully saturated rings. The Kier molecular flexibility index (Phi) is 6.50. The highest BCUT2D eigenvalue weighted by molar-refractivity contribution is 9.10. The minimum Gasteiger partial charge on any atom is -0.493 e. The van der Waals surface area contributed by atoms with E-state index in [0.717, 1.165) is 11.0 Å². The molecule has 1 aromatic carbocycles. The number of thiophene rings is 1. The Balaban J connectivity index is 1.71. The zero-order valence-corrected chi connectivity index (χ0v) is 14.1. The molecule has 0 aliphatic carbocycles. The Bertz CT molecular complexity index is 561. The van der Waals surface area contributed by atoms with Crippen molar-refractivity contribution in [1.29, 1.82) is 0 Å². The Labute approximate surface area is 136 Å². The van der Waals surface area contributed by atoms with Crippen LogP contribution in [0.4, 0.5) is 0 Å². The van der Waals surface area contributed by atoms with Gasteiger partial charge >= 0.3 is 0 Å². The summed E-state index contributed by atoms with van der Waals surface area (Å²) < 4.78 is 11.9. The third kappa shape index (κ3) is 5.32. The second-order valence-electron chi connectivity index (χ2n) is 4.48. The van der Waals surface area contributed by atoms with E-state index in [1.165, 1.54) is 4.88 Å². The lowest BCUT2D eigenvalue weighted by molar-refractivity contribution is 0.104. The Morgan fingerprint density at radius 2 is 2.10 bits per heavy atom. The van der Waals surface area contributed by atoms with Gasteiger partial charge in [-0.2, -0.15) is 0 Å². The molecule has 1 unspecified atom stereocenters. The predicted molar refractivity (Wildman–Crippen MR) is 88.2 cm³/mol. The Morgan fingerprint density at radius 1 is 1.33 bits per heavy atom. The molecule has 1 atom stereocenters. The van der Waals surface area contributed by atoms with Crippen LogP contribution < -0.4 is 14.8 Å². The molecule has 0 radical (unpaired) electrons. The molecule has 0 aliphatic rings. The van der Waals surface area contributed by atoms with Crippen LogP contribution in [0.3, 0.4) is 0 Å². The average Bonchev–Trinajstić information content (AvgIpc) is 2.91. The Morgan fingerprint density at radius 3 is 2.76 bits per heavy atom. The summed E-state index contributed by atoms with van der Waals surface area (Å²) in [6.45, 7) is 1.44. The van der Waals surface area contributed by atoms with Gasteiger partial charge in [0.2, 0.25) is 0 Å². The van der Waals surface area contributed by atoms with E-state index < -0.39 is 6.10 Å². The lowest BCUT2D eigenvalue weighted by Gasteiger charge is -2.14. The number of nitrogens with one attached hydrogen (secondary N) is 1. The minimum absolute atomic E-state index is 0.224. The molecule has 6 heteroatoms. The zero-order chi connectivity index (χ0) is 15.1. The third-order valence-corrected chi connectivity index (χ3v) is 4.50. The van der Waals surface area contributed by atoms with Gasteiger partial charge in [0.25, 0.3) is 0 Å². The molecule has 4 nitrogen and oxygen atoms in total. The first-order valence-electron chi connectivity index (χ1n) is 6.56. The van der Waals surface area contributed by atoms with Gasteiger partial charge in [0, 0.05) is 27.8 Å². The van der Waals surface area contributed by atoms with E-state index in [0.29, 0.717) is 18.0 Å². The molecule has 0 saturated heterocycles. The van der Waals surface area contributed by atoms with Crippen LogP contribution in [0, 0.1) is 0 Å². The smallest absolute Gasteiger partial charge is 0.161 e. The highest BCUT2D eigenvalue weighted by Gasteiger charge is 2.08. The number of ether oxygens (including phenoxy) is 2. The van der Waals surface area contributed by atoms with E-state index in [-0.39, 0.29) is 6.61 Å². The molecule has 1 aromatic heterocycles. The number of methoxy groups -OCH3 is 1. The van der Waals surface area contributed by atoms with Crippen LogP contribution in [0.2, 0.25) is 0 Å². The fourth-order valence-corrected chi connectivity index (χ4v) is 3.21. The van der Waals surface area contributed by atoms with E-state index in [9.17, 15) is 5.11 Å². The Hall–Kier alpha value is -1.08. The second-order valence-corrected chi connectivity index (χ2v) is 6.39. The minimum atomic E-state index is -0.571. The molecule has 0 amide bonds. The number of rotatable bonds is 8. The zero-order valence-electron chi connectivity index (χ0n) is 11.7. The van der Waals surface area contributed by atoms with Crippen molar-refractivity contribution in [3.8, 4) is 11.5 Å². The fourth-order valence-electron chi connectivity index (χ4n) is 1.79. The molecule has 21 heavy (non-hydrogen) atoms. The van der Waals surface area contributed by atoms with Crippen molar-refractivity contribution >= 4 is 27.3 Å². The van der Waals surface area contributed by atoms with Crippen molar-refractivity contribution in [3.63, 3.8) is 0 Å². The first-order valence-corrected chi connectivity index (χ1v) is 8.24. The number of halogens is 1. The van der Waals surface area contributed by atoms with E-state index >= 15 is 0 Å². The first kappa shape index (κ1) is 16.3. The molecule has 0 aliphatic heterocycles. The summed E-state index contributed by atoms with van der Waals surface area (Å²) in [5, 5.41) is 15.2. The van der Waals surface area contributed by atoms with Crippen molar-refractivity contribution in [2.75, 3.05) is 20.3 Å². The number of para-hydroxylation sites is 2. The summed E-state index contributed by atoms with van der Waals surface area (Å²) in [5.41, 5.74) is 0. The van der Waals surface area contributed by atoms with E-state index in [4.69, 9.17) is 9.47 Å². The number of aliphatic hydroxyl groups excluding tert-OH is 1. The third-order valence-electron chi connectivity index (χ3n) is 2.80.